The van der Waals surface area contributed by atoms with Crippen LogP contribution < -0.4 is 15.5 Å². The molecule has 0 saturated carbocycles. The number of pyridine rings is 1. The van der Waals surface area contributed by atoms with Crippen LogP contribution in [0.1, 0.15) is 12.0 Å². The summed E-state index contributed by atoms with van der Waals surface area (Å²) in [6, 6.07) is 14.2. The van der Waals surface area contributed by atoms with Crippen LogP contribution in [0.4, 0.5) is 17.5 Å². The Kier molecular flexibility index (Phi) is 9.36. The summed E-state index contributed by atoms with van der Waals surface area (Å²) >= 11 is 0. The maximum Gasteiger partial charge on any atom is 0.317 e. The number of nitrogens with zero attached hydrogens (tertiary/aromatic N) is 6. The van der Waals surface area contributed by atoms with Crippen LogP contribution in [-0.4, -0.2) is 95.7 Å². The van der Waals surface area contributed by atoms with Gasteiger partial charge in [-0.15, -0.1) is 0 Å². The molecule has 0 spiro atoms. The first-order chi connectivity index (χ1) is 18.0. The molecule has 0 radical (unpaired) electrons. The number of rotatable bonds is 12. The molecule has 196 valence electrons. The minimum absolute atomic E-state index is 0.112. The molecule has 10 heteroatoms. The molecular formula is C27H36N8O2. The van der Waals surface area contributed by atoms with Crippen molar-refractivity contribution < 1.29 is 9.90 Å². The van der Waals surface area contributed by atoms with Crippen LogP contribution in [0.2, 0.25) is 0 Å². The van der Waals surface area contributed by atoms with Gasteiger partial charge in [-0.05, 0) is 55.9 Å². The number of hydrogen-bond donors (Lipinski definition) is 3. The van der Waals surface area contributed by atoms with Crippen LogP contribution in [0.15, 0.2) is 54.9 Å². The topological polar surface area (TPSA) is 110 Å². The van der Waals surface area contributed by atoms with Gasteiger partial charge in [0.25, 0.3) is 0 Å². The number of carboxylic acids is 1. The summed E-state index contributed by atoms with van der Waals surface area (Å²) in [4.78, 5) is 31.1. The fourth-order valence-electron chi connectivity index (χ4n) is 4.38. The van der Waals surface area contributed by atoms with Crippen molar-refractivity contribution in [3.63, 3.8) is 0 Å². The molecule has 1 aliphatic heterocycles. The number of benzene rings is 1. The lowest BCUT2D eigenvalue weighted by atomic mass is 10.1. The predicted molar refractivity (Wildman–Crippen MR) is 146 cm³/mol. The van der Waals surface area contributed by atoms with E-state index in [1.807, 2.05) is 48.5 Å². The Hall–Kier alpha value is -3.60. The van der Waals surface area contributed by atoms with Gasteiger partial charge in [0.05, 0.1) is 12.2 Å². The Balaban J connectivity index is 1.35. The first-order valence-electron chi connectivity index (χ1n) is 12.7. The number of aliphatic carboxylic acids is 1. The Morgan fingerprint density at radius 2 is 1.89 bits per heavy atom. The Bertz CT molecular complexity index is 1150. The minimum Gasteiger partial charge on any atom is -0.480 e. The smallest absolute Gasteiger partial charge is 0.317 e. The second-order valence-electron chi connectivity index (χ2n) is 9.32. The zero-order chi connectivity index (χ0) is 26.0. The zero-order valence-corrected chi connectivity index (χ0v) is 21.6. The van der Waals surface area contributed by atoms with Gasteiger partial charge in [-0.2, -0.15) is 0 Å². The van der Waals surface area contributed by atoms with E-state index in [-0.39, 0.29) is 6.54 Å². The number of aromatic nitrogens is 3. The summed E-state index contributed by atoms with van der Waals surface area (Å²) < 4.78 is 0. The van der Waals surface area contributed by atoms with Crippen molar-refractivity contribution in [2.45, 2.75) is 13.0 Å². The third-order valence-corrected chi connectivity index (χ3v) is 6.42. The van der Waals surface area contributed by atoms with Gasteiger partial charge in [0.1, 0.15) is 5.82 Å². The van der Waals surface area contributed by atoms with Gasteiger partial charge < -0.3 is 20.6 Å². The summed E-state index contributed by atoms with van der Waals surface area (Å²) in [6.07, 6.45) is 4.66. The van der Waals surface area contributed by atoms with Crippen molar-refractivity contribution in [2.75, 3.05) is 70.1 Å². The molecule has 1 fully saturated rings. The molecule has 2 aromatic heterocycles. The lowest BCUT2D eigenvalue weighted by Crippen LogP contribution is -2.47. The number of anilines is 3. The van der Waals surface area contributed by atoms with Crippen molar-refractivity contribution in [2.24, 2.45) is 0 Å². The molecule has 0 amide bonds. The van der Waals surface area contributed by atoms with E-state index in [1.165, 1.54) is 5.56 Å². The van der Waals surface area contributed by atoms with Gasteiger partial charge in [0.15, 0.2) is 0 Å². The van der Waals surface area contributed by atoms with Crippen LogP contribution in [-0.2, 0) is 11.3 Å². The van der Waals surface area contributed by atoms with Crippen molar-refractivity contribution in [1.29, 1.82) is 0 Å². The summed E-state index contributed by atoms with van der Waals surface area (Å²) in [5.41, 5.74) is 3.86. The van der Waals surface area contributed by atoms with E-state index < -0.39 is 5.97 Å². The van der Waals surface area contributed by atoms with Crippen molar-refractivity contribution in [3.8, 4) is 11.3 Å². The third kappa shape index (κ3) is 7.94. The Morgan fingerprint density at radius 3 is 2.62 bits per heavy atom. The van der Waals surface area contributed by atoms with Gasteiger partial charge in [-0.1, -0.05) is 12.1 Å². The molecule has 0 unspecified atom stereocenters. The first-order valence-corrected chi connectivity index (χ1v) is 12.7. The monoisotopic (exact) mass is 504 g/mol. The molecule has 3 heterocycles. The molecule has 4 rings (SSSR count). The second kappa shape index (κ2) is 13.1. The molecular weight excluding hydrogens is 468 g/mol. The predicted octanol–water partition coefficient (Wildman–Crippen LogP) is 2.53. The van der Waals surface area contributed by atoms with Crippen LogP contribution in [0.25, 0.3) is 11.3 Å². The fourth-order valence-corrected chi connectivity index (χ4v) is 4.38. The van der Waals surface area contributed by atoms with E-state index in [9.17, 15) is 4.79 Å². The van der Waals surface area contributed by atoms with Gasteiger partial charge in [0.2, 0.25) is 5.95 Å². The molecule has 1 saturated heterocycles. The van der Waals surface area contributed by atoms with Crippen LogP contribution >= 0.6 is 0 Å². The maximum atomic E-state index is 10.9. The molecule has 0 bridgehead atoms. The summed E-state index contributed by atoms with van der Waals surface area (Å²) in [7, 11) is 4.02. The summed E-state index contributed by atoms with van der Waals surface area (Å²) in [5.74, 6) is 0.702. The lowest BCUT2D eigenvalue weighted by molar-refractivity contribution is -0.138. The standard InChI is InChI=1S/C27H36N8O2/c1-28-10-4-12-33(2)25-8-7-22(18-30-25)24-9-11-29-27(32-24)31-23-6-3-5-21(17-23)19-34-13-15-35(16-14-34)20-26(36)37/h3,5-9,11,17-18,28H,4,10,12-16,19-20H2,1-2H3,(H,36,37)(H,29,31,32). The molecule has 3 N–H and O–H groups in total. The van der Waals surface area contributed by atoms with E-state index >= 15 is 0 Å². The Labute approximate surface area is 218 Å². The molecule has 37 heavy (non-hydrogen) atoms. The van der Waals surface area contributed by atoms with Crippen LogP contribution in [0.5, 0.6) is 0 Å². The average Bonchev–Trinajstić information content (AvgIpc) is 2.90. The fraction of sp³-hybridized carbons (Fsp3) is 0.407. The quantitative estimate of drug-likeness (QED) is 0.318. The lowest BCUT2D eigenvalue weighted by Gasteiger charge is -2.33. The largest absolute Gasteiger partial charge is 0.480 e. The van der Waals surface area contributed by atoms with Crippen LogP contribution in [0, 0.1) is 0 Å². The third-order valence-electron chi connectivity index (χ3n) is 6.42. The highest BCUT2D eigenvalue weighted by molar-refractivity contribution is 5.69. The molecule has 1 aliphatic rings. The van der Waals surface area contributed by atoms with E-state index in [4.69, 9.17) is 10.1 Å². The highest BCUT2D eigenvalue weighted by atomic mass is 16.4. The van der Waals surface area contributed by atoms with Crippen molar-refractivity contribution in [1.82, 2.24) is 30.1 Å². The highest BCUT2D eigenvalue weighted by Gasteiger charge is 2.18. The molecule has 0 atom stereocenters. The number of hydrogen-bond acceptors (Lipinski definition) is 9. The number of carbonyl (C=O) groups is 1. The number of carboxylic acid groups (broad SMARTS) is 1. The molecule has 0 aliphatic carbocycles. The SMILES string of the molecule is CNCCCN(C)c1ccc(-c2ccnc(Nc3cccc(CN4CCN(CC(=O)O)CC4)c3)n2)cn1. The zero-order valence-electron chi connectivity index (χ0n) is 21.6. The van der Waals surface area contributed by atoms with Crippen molar-refractivity contribution >= 4 is 23.4 Å². The molecule has 1 aromatic carbocycles. The van der Waals surface area contributed by atoms with Gasteiger partial charge in [0, 0.05) is 70.0 Å². The van der Waals surface area contributed by atoms with E-state index in [0.29, 0.717) is 5.95 Å². The van der Waals surface area contributed by atoms with Gasteiger partial charge in [-0.3, -0.25) is 14.6 Å². The number of nitrogens with one attached hydrogen (secondary N) is 2. The average molecular weight is 505 g/mol. The molecule has 10 nitrogen and oxygen atoms in total. The van der Waals surface area contributed by atoms with Crippen molar-refractivity contribution in [3.05, 3.63) is 60.4 Å². The first kappa shape index (κ1) is 26.5. The number of piperazine rings is 1. The normalized spacial score (nSPS) is 14.4. The van der Waals surface area contributed by atoms with Gasteiger partial charge >= 0.3 is 5.97 Å². The van der Waals surface area contributed by atoms with Gasteiger partial charge in [-0.25, -0.2) is 15.0 Å². The van der Waals surface area contributed by atoms with Crippen LogP contribution in [0.3, 0.4) is 0 Å². The summed E-state index contributed by atoms with van der Waals surface area (Å²) in [6.45, 7) is 6.10. The van der Waals surface area contributed by atoms with E-state index in [1.54, 1.807) is 6.20 Å². The highest BCUT2D eigenvalue weighted by Crippen LogP contribution is 2.22. The minimum atomic E-state index is -0.768. The maximum absolute atomic E-state index is 10.9. The molecule has 3 aromatic rings. The second-order valence-corrected chi connectivity index (χ2v) is 9.32. The summed E-state index contributed by atoms with van der Waals surface area (Å²) in [5, 5.41) is 15.5. The van der Waals surface area contributed by atoms with E-state index in [0.717, 1.165) is 75.0 Å². The Morgan fingerprint density at radius 1 is 1.08 bits per heavy atom. The van der Waals surface area contributed by atoms with E-state index in [2.05, 4.69) is 49.6 Å².